The second kappa shape index (κ2) is 14.8. The topological polar surface area (TPSA) is 237 Å². The molecule has 0 spiro atoms. The standard InChI is InChI=1S/C18H36N3O12P3/c22-16(23)1-10-34(28,29)13-19-4-6-20(14-35(30,31)11-2-17(24)25)8-9-21(7-5-19)15-36(32,33)12-3-18(26)27/h28-29H,1-15H2,(H4-,22,23,24,25,26,27,30,31,32,33)/p+1. The smallest absolute Gasteiger partial charge is 0.307 e. The van der Waals surface area contributed by atoms with Crippen molar-refractivity contribution in [3.63, 3.8) is 0 Å². The highest BCUT2D eigenvalue weighted by Crippen LogP contribution is 2.51. The van der Waals surface area contributed by atoms with Gasteiger partial charge in [0.15, 0.2) is 6.29 Å². The van der Waals surface area contributed by atoms with Gasteiger partial charge in [-0.3, -0.25) is 38.2 Å². The van der Waals surface area contributed by atoms with Crippen LogP contribution in [0, 0.1) is 0 Å². The lowest BCUT2D eigenvalue weighted by atomic mass is 10.5. The third kappa shape index (κ3) is 15.3. The average Bonchev–Trinajstić information content (AvgIpc) is 2.81. The molecule has 15 nitrogen and oxygen atoms in total. The molecule has 0 aromatic carbocycles. The maximum absolute atomic E-state index is 12.5. The molecule has 18 heteroatoms. The van der Waals surface area contributed by atoms with Crippen molar-refractivity contribution in [1.82, 2.24) is 14.7 Å². The fourth-order valence-corrected chi connectivity index (χ4v) is 8.38. The first kappa shape index (κ1) is 33.0. The third-order valence-corrected chi connectivity index (χ3v) is 10.8. The number of hydrogen-bond donors (Lipinski definition) is 7. The fraction of sp³-hybridized carbons (Fsp3) is 0.833. The summed E-state index contributed by atoms with van der Waals surface area (Å²) in [5, 5.41) is 26.5. The number of aliphatic carboxylic acids is 3. The van der Waals surface area contributed by atoms with E-state index in [0.717, 1.165) is 0 Å². The highest BCUT2D eigenvalue weighted by molar-refractivity contribution is 7.64. The van der Waals surface area contributed by atoms with E-state index in [1.165, 1.54) is 0 Å². The van der Waals surface area contributed by atoms with Crippen molar-refractivity contribution in [2.75, 3.05) is 76.6 Å². The molecule has 1 rings (SSSR count). The van der Waals surface area contributed by atoms with Gasteiger partial charge in [0.2, 0.25) is 14.7 Å². The Morgan fingerprint density at radius 3 is 1.31 bits per heavy atom. The summed E-state index contributed by atoms with van der Waals surface area (Å²) < 4.78 is 25.1. The molecule has 1 fully saturated rings. The summed E-state index contributed by atoms with van der Waals surface area (Å²) in [5.41, 5.74) is 0. The molecule has 1 aliphatic heterocycles. The van der Waals surface area contributed by atoms with Gasteiger partial charge in [0.05, 0.1) is 31.8 Å². The summed E-state index contributed by atoms with van der Waals surface area (Å²) in [6, 6.07) is 0. The van der Waals surface area contributed by atoms with E-state index >= 15 is 0 Å². The third-order valence-electron chi connectivity index (χ3n) is 5.50. The predicted molar refractivity (Wildman–Crippen MR) is 132 cm³/mol. The van der Waals surface area contributed by atoms with Gasteiger partial charge in [-0.15, -0.1) is 0 Å². The van der Waals surface area contributed by atoms with Crippen LogP contribution in [0.2, 0.25) is 0 Å². The van der Waals surface area contributed by atoms with Crippen LogP contribution in [0.3, 0.4) is 0 Å². The van der Waals surface area contributed by atoms with Crippen LogP contribution in [0.1, 0.15) is 19.3 Å². The van der Waals surface area contributed by atoms with Gasteiger partial charge in [-0.05, 0) is 0 Å². The first-order valence-electron chi connectivity index (χ1n) is 11.3. The molecule has 0 amide bonds. The van der Waals surface area contributed by atoms with E-state index in [2.05, 4.69) is 0 Å². The van der Waals surface area contributed by atoms with Crippen molar-refractivity contribution in [2.24, 2.45) is 0 Å². The van der Waals surface area contributed by atoms with E-state index in [4.69, 9.17) is 15.3 Å². The minimum absolute atomic E-state index is 0.196. The molecule has 0 bridgehead atoms. The quantitative estimate of drug-likeness (QED) is 0.122. The van der Waals surface area contributed by atoms with Gasteiger partial charge >= 0.3 is 17.9 Å². The van der Waals surface area contributed by atoms with Gasteiger partial charge < -0.3 is 25.1 Å². The van der Waals surface area contributed by atoms with Gasteiger partial charge in [0.25, 0.3) is 7.72 Å². The molecule has 36 heavy (non-hydrogen) atoms. The summed E-state index contributed by atoms with van der Waals surface area (Å²) in [4.78, 5) is 78.5. The molecule has 7 N–H and O–H groups in total. The van der Waals surface area contributed by atoms with Crippen molar-refractivity contribution in [3.05, 3.63) is 0 Å². The van der Waals surface area contributed by atoms with E-state index in [9.17, 15) is 43.1 Å². The van der Waals surface area contributed by atoms with Gasteiger partial charge in [0.1, 0.15) is 6.16 Å². The number of nitrogens with zero attached hydrogens (tertiary/aromatic N) is 3. The van der Waals surface area contributed by atoms with E-state index in [1.807, 2.05) is 0 Å². The number of carboxylic acid groups (broad SMARTS) is 3. The number of hydrogen-bond acceptors (Lipinski definition) is 10. The molecule has 2 atom stereocenters. The van der Waals surface area contributed by atoms with Crippen LogP contribution < -0.4 is 0 Å². The fourth-order valence-electron chi connectivity index (χ4n) is 3.58. The van der Waals surface area contributed by atoms with E-state index in [-0.39, 0.29) is 64.3 Å². The van der Waals surface area contributed by atoms with Gasteiger partial charge in [-0.2, -0.15) is 0 Å². The monoisotopic (exact) mass is 580 g/mol. The molecule has 1 saturated heterocycles. The largest absolute Gasteiger partial charge is 0.481 e. The Kier molecular flexibility index (Phi) is 13.6. The Hall–Kier alpha value is -0.980. The molecule has 0 saturated carbocycles. The van der Waals surface area contributed by atoms with Crippen LogP contribution in [-0.4, -0.2) is 144 Å². The van der Waals surface area contributed by atoms with Gasteiger partial charge in [-0.1, -0.05) is 0 Å². The second-order valence-electron chi connectivity index (χ2n) is 8.95. The highest BCUT2D eigenvalue weighted by atomic mass is 31.2. The molecule has 0 aromatic rings. The Morgan fingerprint density at radius 1 is 0.639 bits per heavy atom. The molecular weight excluding hydrogens is 543 g/mol. The Balaban J connectivity index is 2.99. The molecule has 1 aliphatic rings. The highest BCUT2D eigenvalue weighted by Gasteiger charge is 2.37. The lowest BCUT2D eigenvalue weighted by Gasteiger charge is -2.28. The number of rotatable bonds is 15. The zero-order chi connectivity index (χ0) is 27.6. The van der Waals surface area contributed by atoms with Crippen molar-refractivity contribution >= 4 is 40.4 Å². The van der Waals surface area contributed by atoms with Crippen molar-refractivity contribution in [1.29, 1.82) is 0 Å². The summed E-state index contributed by atoms with van der Waals surface area (Å²) in [5.74, 6) is -3.60. The molecular formula is C18H37N3O12P3+. The van der Waals surface area contributed by atoms with Gasteiger partial charge in [0, 0.05) is 51.6 Å². The lowest BCUT2D eigenvalue weighted by molar-refractivity contribution is -0.137. The van der Waals surface area contributed by atoms with Crippen LogP contribution >= 0.6 is 22.5 Å². The van der Waals surface area contributed by atoms with E-state index in [1.54, 1.807) is 14.7 Å². The molecule has 1 heterocycles. The molecule has 2 unspecified atom stereocenters. The normalized spacial score (nSPS) is 20.4. The Bertz CT molecular complexity index is 806. The molecule has 0 aromatic heterocycles. The molecule has 0 radical (unpaired) electrons. The average molecular weight is 580 g/mol. The Morgan fingerprint density at radius 2 is 0.972 bits per heavy atom. The molecule has 0 aliphatic carbocycles. The van der Waals surface area contributed by atoms with Crippen LogP contribution in [0.5, 0.6) is 0 Å². The van der Waals surface area contributed by atoms with Crippen LogP contribution in [0.25, 0.3) is 0 Å². The zero-order valence-electron chi connectivity index (χ0n) is 20.0. The maximum Gasteiger partial charge on any atom is 0.307 e. The molecule has 210 valence electrons. The predicted octanol–water partition coefficient (Wildman–Crippen LogP) is -0.424. The minimum Gasteiger partial charge on any atom is -0.481 e. The van der Waals surface area contributed by atoms with Crippen molar-refractivity contribution in [3.8, 4) is 0 Å². The van der Waals surface area contributed by atoms with Crippen molar-refractivity contribution in [2.45, 2.75) is 19.3 Å². The SMILES string of the molecule is O=C(O)CCP(=O)(O)CN1CCN(CP(=O)(O)CCC(=O)O)CCN(C[P+](O)(O)CCC(=O)O)CC1. The maximum atomic E-state index is 12.5. The number of carbonyl (C=O) groups is 3. The Labute approximate surface area is 209 Å². The lowest BCUT2D eigenvalue weighted by Crippen LogP contribution is -2.38. The minimum atomic E-state index is -3.85. The summed E-state index contributed by atoms with van der Waals surface area (Å²) in [6.07, 6.45) is -3.45. The first-order valence-corrected chi connectivity index (χ1v) is 17.4. The summed E-state index contributed by atoms with van der Waals surface area (Å²) >= 11 is 0. The van der Waals surface area contributed by atoms with Crippen LogP contribution in [0.15, 0.2) is 0 Å². The summed E-state index contributed by atoms with van der Waals surface area (Å²) in [6.45, 7) is 1.25. The van der Waals surface area contributed by atoms with Crippen LogP contribution in [-0.2, 0) is 23.5 Å². The van der Waals surface area contributed by atoms with Crippen LogP contribution in [0.4, 0.5) is 0 Å². The second-order valence-corrected chi connectivity index (χ2v) is 16.3. The first-order chi connectivity index (χ1) is 16.5. The van der Waals surface area contributed by atoms with E-state index in [0.29, 0.717) is 0 Å². The van der Waals surface area contributed by atoms with Crippen molar-refractivity contribution < 1.29 is 58.4 Å². The summed E-state index contributed by atoms with van der Waals surface area (Å²) in [7, 11) is -11.3. The zero-order valence-corrected chi connectivity index (χ0v) is 22.6. The van der Waals surface area contributed by atoms with Gasteiger partial charge in [-0.25, -0.2) is 9.79 Å². The number of carboxylic acids is 3. The van der Waals surface area contributed by atoms with E-state index < -0.39 is 71.9 Å².